The molecule has 0 aromatic heterocycles. The van der Waals surface area contributed by atoms with E-state index >= 15 is 0 Å². The van der Waals surface area contributed by atoms with Crippen LogP contribution in [0.4, 0.5) is 0 Å². The predicted molar refractivity (Wildman–Crippen MR) is 83.4 cm³/mol. The summed E-state index contributed by atoms with van der Waals surface area (Å²) in [5, 5.41) is 0. The molecule has 0 N–H and O–H groups in total. The van der Waals surface area contributed by atoms with Crippen molar-refractivity contribution in [1.29, 1.82) is 0 Å². The van der Waals surface area contributed by atoms with Crippen LogP contribution in [-0.4, -0.2) is 0 Å². The van der Waals surface area contributed by atoms with E-state index in [9.17, 15) is 0 Å². The molecule has 0 aromatic carbocycles. The van der Waals surface area contributed by atoms with E-state index < -0.39 is 0 Å². The molecule has 0 radical (unpaired) electrons. The van der Waals surface area contributed by atoms with Gasteiger partial charge in [-0.3, -0.25) is 6.08 Å². The van der Waals surface area contributed by atoms with Gasteiger partial charge < -0.3 is 24.8 Å². The zero-order valence-electron chi connectivity index (χ0n) is 14.3. The molecule has 3 heteroatoms. The van der Waals surface area contributed by atoms with Crippen molar-refractivity contribution in [2.24, 2.45) is 11.3 Å². The monoisotopic (exact) mass is 372 g/mol. The number of halogens is 2. The van der Waals surface area contributed by atoms with Gasteiger partial charge in [-0.15, -0.1) is 25.5 Å². The quantitative estimate of drug-likeness (QED) is 0.401. The largest absolute Gasteiger partial charge is 4.00 e. The molecule has 0 bridgehead atoms. The van der Waals surface area contributed by atoms with Crippen molar-refractivity contribution in [1.82, 2.24) is 0 Å². The minimum absolute atomic E-state index is 0. The summed E-state index contributed by atoms with van der Waals surface area (Å²) in [5.41, 5.74) is 5.98. The van der Waals surface area contributed by atoms with Crippen molar-refractivity contribution in [3.05, 3.63) is 53.0 Å². The van der Waals surface area contributed by atoms with Crippen molar-refractivity contribution >= 4 is 0 Å². The first-order valence-electron chi connectivity index (χ1n) is 7.42. The standard InChI is InChI=1S/C10H15.C9H11.2ClH.Ti/c1-7-6-10(4,5)9(3)8(7)2;1-2-5-9-7-3-6-8(9)4-1;;;/h1-5H3;1-2,4,6,9H,3,5,7H2;2*1H;/q2*-1;;;+4/p-2. The van der Waals surface area contributed by atoms with E-state index in [4.69, 9.17) is 0 Å². The average molecular weight is 373 g/mol. The molecule has 0 nitrogen and oxygen atoms in total. The van der Waals surface area contributed by atoms with Crippen LogP contribution in [0.25, 0.3) is 0 Å². The third-order valence-corrected chi connectivity index (χ3v) is 4.77. The zero-order valence-corrected chi connectivity index (χ0v) is 17.3. The minimum atomic E-state index is 0. The summed E-state index contributed by atoms with van der Waals surface area (Å²) in [6.45, 7) is 10.9. The molecule has 1 saturated carbocycles. The van der Waals surface area contributed by atoms with Crippen LogP contribution in [0, 0.1) is 23.8 Å². The van der Waals surface area contributed by atoms with Gasteiger partial charge in [0.15, 0.2) is 0 Å². The molecule has 0 spiro atoms. The summed E-state index contributed by atoms with van der Waals surface area (Å²) in [6, 6.07) is 0. The molecule has 1 unspecified atom stereocenters. The number of hydrogen-bond donors (Lipinski definition) is 0. The molecule has 120 valence electrons. The fourth-order valence-corrected chi connectivity index (χ4v) is 3.07. The summed E-state index contributed by atoms with van der Waals surface area (Å²) in [6.07, 6.45) is 16.5. The maximum absolute atomic E-state index is 3.44. The van der Waals surface area contributed by atoms with Gasteiger partial charge in [0.2, 0.25) is 0 Å². The Morgan fingerprint density at radius 1 is 1.18 bits per heavy atom. The maximum atomic E-state index is 3.44. The fraction of sp³-hybridized carbons (Fsp3) is 0.526. The molecule has 0 saturated heterocycles. The van der Waals surface area contributed by atoms with E-state index in [1.807, 2.05) is 0 Å². The van der Waals surface area contributed by atoms with Crippen LogP contribution in [0.15, 0.2) is 40.5 Å². The van der Waals surface area contributed by atoms with Gasteiger partial charge >= 0.3 is 21.7 Å². The molecular weight excluding hydrogens is 347 g/mol. The summed E-state index contributed by atoms with van der Waals surface area (Å²) in [4.78, 5) is 0. The van der Waals surface area contributed by atoms with E-state index in [1.165, 1.54) is 36.0 Å². The minimum Gasteiger partial charge on any atom is -1.00 e. The second-order valence-corrected chi connectivity index (χ2v) is 6.43. The van der Waals surface area contributed by atoms with Crippen LogP contribution < -0.4 is 24.8 Å². The molecule has 3 rings (SSSR count). The van der Waals surface area contributed by atoms with Crippen LogP contribution in [0.1, 0.15) is 53.9 Å². The number of rotatable bonds is 0. The van der Waals surface area contributed by atoms with E-state index in [0.717, 1.165) is 5.92 Å². The molecule has 3 aliphatic carbocycles. The Bertz CT molecular complexity index is 482. The van der Waals surface area contributed by atoms with Gasteiger partial charge in [-0.05, 0) is 12.3 Å². The van der Waals surface area contributed by atoms with Crippen LogP contribution in [-0.2, 0) is 21.7 Å². The Kier molecular flexibility index (Phi) is 11.2. The summed E-state index contributed by atoms with van der Waals surface area (Å²) in [7, 11) is 0. The Morgan fingerprint density at radius 3 is 2.23 bits per heavy atom. The first-order chi connectivity index (χ1) is 8.92. The van der Waals surface area contributed by atoms with Gasteiger partial charge in [0.05, 0.1) is 0 Å². The Labute approximate surface area is 164 Å². The summed E-state index contributed by atoms with van der Waals surface area (Å²) in [5.74, 6) is 0.884. The van der Waals surface area contributed by atoms with Gasteiger partial charge in [-0.25, -0.2) is 23.6 Å². The van der Waals surface area contributed by atoms with Gasteiger partial charge in [0.1, 0.15) is 0 Å². The van der Waals surface area contributed by atoms with Crippen molar-refractivity contribution in [3.8, 4) is 0 Å². The van der Waals surface area contributed by atoms with Gasteiger partial charge in [-0.2, -0.15) is 11.1 Å². The molecular formula is C19H26Cl2Ti. The molecule has 0 amide bonds. The smallest absolute Gasteiger partial charge is 1.00 e. The average Bonchev–Trinajstić information content (AvgIpc) is 2.90. The molecule has 0 heterocycles. The molecule has 3 aliphatic rings. The van der Waals surface area contributed by atoms with Gasteiger partial charge in [-0.1, -0.05) is 39.5 Å². The molecule has 22 heavy (non-hydrogen) atoms. The van der Waals surface area contributed by atoms with Crippen molar-refractivity contribution < 1.29 is 46.5 Å². The zero-order chi connectivity index (χ0) is 14.0. The van der Waals surface area contributed by atoms with Crippen molar-refractivity contribution in [2.45, 2.75) is 53.9 Å². The van der Waals surface area contributed by atoms with Crippen molar-refractivity contribution in [2.75, 3.05) is 0 Å². The van der Waals surface area contributed by atoms with Crippen LogP contribution in [0.5, 0.6) is 0 Å². The second-order valence-electron chi connectivity index (χ2n) is 6.43. The van der Waals surface area contributed by atoms with Crippen LogP contribution in [0.3, 0.4) is 0 Å². The van der Waals surface area contributed by atoms with E-state index in [-0.39, 0.29) is 51.9 Å². The van der Waals surface area contributed by atoms with Crippen molar-refractivity contribution in [3.63, 3.8) is 0 Å². The molecule has 1 fully saturated rings. The SMILES string of the molecule is C1=CCC2CC[CH-]C2=C1.CC1=[C-]C(C)(C)C(C)=C1C.[Cl-].[Cl-].[Ti+4]. The first-order valence-corrected chi connectivity index (χ1v) is 7.42. The Hall–Kier alpha value is 0.124. The normalized spacial score (nSPS) is 23.4. The van der Waals surface area contributed by atoms with Crippen LogP contribution >= 0.6 is 0 Å². The van der Waals surface area contributed by atoms with E-state index in [2.05, 4.69) is 65.3 Å². The Balaban J connectivity index is 0. The topological polar surface area (TPSA) is 0 Å². The summed E-state index contributed by atoms with van der Waals surface area (Å²) < 4.78 is 0. The summed E-state index contributed by atoms with van der Waals surface area (Å²) >= 11 is 0. The fourth-order valence-electron chi connectivity index (χ4n) is 3.07. The predicted octanol–water partition coefficient (Wildman–Crippen LogP) is -0.395. The van der Waals surface area contributed by atoms with Gasteiger partial charge in [0, 0.05) is 0 Å². The number of fused-ring (bicyclic) bond motifs is 1. The maximum Gasteiger partial charge on any atom is 4.00 e. The van der Waals surface area contributed by atoms with Gasteiger partial charge in [0.25, 0.3) is 0 Å². The third kappa shape index (κ3) is 5.64. The molecule has 0 aliphatic heterocycles. The Morgan fingerprint density at radius 2 is 1.82 bits per heavy atom. The number of allylic oxidation sites excluding steroid dienone is 8. The third-order valence-electron chi connectivity index (χ3n) is 4.77. The van der Waals surface area contributed by atoms with E-state index in [1.54, 1.807) is 5.57 Å². The van der Waals surface area contributed by atoms with E-state index in [0.29, 0.717) is 0 Å². The molecule has 1 atom stereocenters. The number of hydrogen-bond acceptors (Lipinski definition) is 0. The second kappa shape index (κ2) is 10.1. The molecule has 0 aromatic rings. The van der Waals surface area contributed by atoms with Crippen LogP contribution in [0.2, 0.25) is 0 Å². The first kappa shape index (κ1) is 24.4.